The number of benzene rings is 1. The first-order valence-corrected chi connectivity index (χ1v) is 7.04. The first-order chi connectivity index (χ1) is 8.54. The zero-order valence-electron chi connectivity index (χ0n) is 11.6. The Labute approximate surface area is 111 Å². The summed E-state index contributed by atoms with van der Waals surface area (Å²) in [4.78, 5) is 2.41. The highest BCUT2D eigenvalue weighted by Crippen LogP contribution is 2.28. The van der Waals surface area contributed by atoms with Crippen molar-refractivity contribution in [3.8, 4) is 0 Å². The summed E-state index contributed by atoms with van der Waals surface area (Å²) in [5.74, 6) is 0.693. The molecular formula is C16H25NO. The molecule has 0 spiro atoms. The summed E-state index contributed by atoms with van der Waals surface area (Å²) >= 11 is 0. The Morgan fingerprint density at radius 3 is 2.56 bits per heavy atom. The van der Waals surface area contributed by atoms with E-state index >= 15 is 0 Å². The van der Waals surface area contributed by atoms with Crippen molar-refractivity contribution in [3.63, 3.8) is 0 Å². The molecule has 2 rings (SSSR count). The van der Waals surface area contributed by atoms with Gasteiger partial charge in [-0.25, -0.2) is 0 Å². The van der Waals surface area contributed by atoms with Gasteiger partial charge in [-0.15, -0.1) is 0 Å². The first-order valence-electron chi connectivity index (χ1n) is 7.04. The fourth-order valence-corrected chi connectivity index (χ4v) is 2.92. The highest BCUT2D eigenvalue weighted by molar-refractivity contribution is 5.19. The normalized spacial score (nSPS) is 22.7. The van der Waals surface area contributed by atoms with Crippen LogP contribution in [0.4, 0.5) is 0 Å². The Morgan fingerprint density at radius 2 is 1.89 bits per heavy atom. The van der Waals surface area contributed by atoms with Crippen molar-refractivity contribution in [3.05, 3.63) is 35.9 Å². The van der Waals surface area contributed by atoms with E-state index in [4.69, 9.17) is 0 Å². The summed E-state index contributed by atoms with van der Waals surface area (Å²) in [6.45, 7) is 6.80. The van der Waals surface area contributed by atoms with Gasteiger partial charge in [-0.05, 0) is 57.7 Å². The van der Waals surface area contributed by atoms with Crippen LogP contribution in [0, 0.1) is 0 Å². The van der Waals surface area contributed by atoms with Gasteiger partial charge < -0.3 is 10.0 Å². The summed E-state index contributed by atoms with van der Waals surface area (Å²) < 4.78 is 0. The molecular weight excluding hydrogens is 222 g/mol. The van der Waals surface area contributed by atoms with Gasteiger partial charge in [0.2, 0.25) is 0 Å². The van der Waals surface area contributed by atoms with Crippen molar-refractivity contribution in [1.82, 2.24) is 4.90 Å². The van der Waals surface area contributed by atoms with E-state index in [9.17, 15) is 5.11 Å². The molecule has 0 aliphatic carbocycles. The molecule has 0 saturated carbocycles. The average Bonchev–Trinajstić information content (AvgIpc) is 2.54. The Kier molecular flexibility index (Phi) is 4.41. The van der Waals surface area contributed by atoms with Crippen molar-refractivity contribution in [1.29, 1.82) is 0 Å². The lowest BCUT2D eigenvalue weighted by Crippen LogP contribution is -2.39. The highest BCUT2D eigenvalue weighted by Gasteiger charge is 2.22. The predicted molar refractivity (Wildman–Crippen MR) is 75.8 cm³/mol. The third-order valence-electron chi connectivity index (χ3n) is 3.70. The molecule has 2 heteroatoms. The fourth-order valence-electron chi connectivity index (χ4n) is 2.92. The molecule has 1 aliphatic rings. The van der Waals surface area contributed by atoms with Crippen LogP contribution in [-0.4, -0.2) is 35.2 Å². The van der Waals surface area contributed by atoms with E-state index in [2.05, 4.69) is 35.2 Å². The van der Waals surface area contributed by atoms with Gasteiger partial charge in [0.15, 0.2) is 0 Å². The average molecular weight is 247 g/mol. The minimum absolute atomic E-state index is 0.577. The summed E-state index contributed by atoms with van der Waals surface area (Å²) in [6.07, 6.45) is 3.71. The van der Waals surface area contributed by atoms with Gasteiger partial charge >= 0.3 is 0 Å². The third-order valence-corrected chi connectivity index (χ3v) is 3.70. The highest BCUT2D eigenvalue weighted by atomic mass is 16.3. The molecule has 1 saturated heterocycles. The Hall–Kier alpha value is -0.860. The van der Waals surface area contributed by atoms with Crippen LogP contribution >= 0.6 is 0 Å². The van der Waals surface area contributed by atoms with Crippen molar-refractivity contribution in [2.45, 2.75) is 44.6 Å². The van der Waals surface area contributed by atoms with Crippen molar-refractivity contribution in [2.75, 3.05) is 19.6 Å². The van der Waals surface area contributed by atoms with Crippen molar-refractivity contribution < 1.29 is 5.11 Å². The van der Waals surface area contributed by atoms with E-state index in [1.165, 1.54) is 24.8 Å². The molecule has 0 aromatic heterocycles. The molecule has 100 valence electrons. The van der Waals surface area contributed by atoms with Crippen LogP contribution in [0.5, 0.6) is 0 Å². The molecule has 0 radical (unpaired) electrons. The Balaban J connectivity index is 1.93. The Bertz CT molecular complexity index is 355. The van der Waals surface area contributed by atoms with Crippen LogP contribution in [0.2, 0.25) is 0 Å². The van der Waals surface area contributed by atoms with E-state index in [0.717, 1.165) is 19.6 Å². The van der Waals surface area contributed by atoms with Gasteiger partial charge in [-0.1, -0.05) is 30.3 Å². The number of hydrogen-bond acceptors (Lipinski definition) is 2. The fraction of sp³-hybridized carbons (Fsp3) is 0.625. The molecule has 1 unspecified atom stereocenters. The molecule has 1 aromatic carbocycles. The second-order valence-electron chi connectivity index (χ2n) is 6.13. The summed E-state index contributed by atoms with van der Waals surface area (Å²) in [5.41, 5.74) is 0.898. The van der Waals surface area contributed by atoms with E-state index < -0.39 is 5.60 Å². The molecule has 1 atom stereocenters. The predicted octanol–water partition coefficient (Wildman–Crippen LogP) is 3.03. The van der Waals surface area contributed by atoms with Gasteiger partial charge in [0, 0.05) is 6.54 Å². The van der Waals surface area contributed by atoms with Crippen LogP contribution in [0.3, 0.4) is 0 Å². The quantitative estimate of drug-likeness (QED) is 0.887. The first kappa shape index (κ1) is 13.6. The maximum absolute atomic E-state index is 9.90. The number of likely N-dealkylation sites (tertiary alicyclic amines) is 1. The minimum Gasteiger partial charge on any atom is -0.389 e. The number of β-amino-alcohol motifs (C(OH)–C–C–N with tert-alkyl or cyclic N) is 1. The molecule has 1 fully saturated rings. The monoisotopic (exact) mass is 247 g/mol. The SMILES string of the molecule is CC(C)(O)CN1CCCC(c2ccccc2)CC1. The molecule has 0 bridgehead atoms. The third kappa shape index (κ3) is 4.11. The lowest BCUT2D eigenvalue weighted by molar-refractivity contribution is 0.0372. The van der Waals surface area contributed by atoms with Crippen molar-refractivity contribution in [2.24, 2.45) is 0 Å². The van der Waals surface area contributed by atoms with Crippen LogP contribution in [0.1, 0.15) is 44.6 Å². The van der Waals surface area contributed by atoms with Crippen LogP contribution < -0.4 is 0 Å². The van der Waals surface area contributed by atoms with Gasteiger partial charge in [0.25, 0.3) is 0 Å². The molecule has 2 nitrogen and oxygen atoms in total. The number of nitrogens with zero attached hydrogens (tertiary/aromatic N) is 1. The lowest BCUT2D eigenvalue weighted by Gasteiger charge is -2.27. The number of rotatable bonds is 3. The standard InChI is InChI=1S/C16H25NO/c1-16(2,18)13-17-11-6-9-15(10-12-17)14-7-4-3-5-8-14/h3-5,7-8,15,18H,6,9-13H2,1-2H3. The van der Waals surface area contributed by atoms with Gasteiger partial charge in [0.1, 0.15) is 0 Å². The van der Waals surface area contributed by atoms with Gasteiger partial charge in [-0.3, -0.25) is 0 Å². The van der Waals surface area contributed by atoms with E-state index in [-0.39, 0.29) is 0 Å². The zero-order valence-corrected chi connectivity index (χ0v) is 11.6. The van der Waals surface area contributed by atoms with Crippen LogP contribution in [-0.2, 0) is 0 Å². The zero-order chi connectivity index (χ0) is 13.0. The maximum atomic E-state index is 9.90. The summed E-state index contributed by atoms with van der Waals surface area (Å²) in [5, 5.41) is 9.90. The molecule has 18 heavy (non-hydrogen) atoms. The van der Waals surface area contributed by atoms with Crippen LogP contribution in [0.25, 0.3) is 0 Å². The Morgan fingerprint density at radius 1 is 1.17 bits per heavy atom. The molecule has 1 heterocycles. The molecule has 0 amide bonds. The molecule has 1 aliphatic heterocycles. The second-order valence-corrected chi connectivity index (χ2v) is 6.13. The van der Waals surface area contributed by atoms with E-state index in [0.29, 0.717) is 5.92 Å². The van der Waals surface area contributed by atoms with Crippen molar-refractivity contribution >= 4 is 0 Å². The lowest BCUT2D eigenvalue weighted by atomic mass is 9.92. The smallest absolute Gasteiger partial charge is 0.0718 e. The summed E-state index contributed by atoms with van der Waals surface area (Å²) in [7, 11) is 0. The summed E-state index contributed by atoms with van der Waals surface area (Å²) in [6, 6.07) is 10.8. The minimum atomic E-state index is -0.577. The van der Waals surface area contributed by atoms with Gasteiger partial charge in [-0.2, -0.15) is 0 Å². The molecule has 1 N–H and O–H groups in total. The van der Waals surface area contributed by atoms with Gasteiger partial charge in [0.05, 0.1) is 5.60 Å². The number of hydrogen-bond donors (Lipinski definition) is 1. The van der Waals surface area contributed by atoms with Crippen LogP contribution in [0.15, 0.2) is 30.3 Å². The topological polar surface area (TPSA) is 23.5 Å². The van der Waals surface area contributed by atoms with E-state index in [1.54, 1.807) is 0 Å². The molecule has 1 aromatic rings. The van der Waals surface area contributed by atoms with E-state index in [1.807, 2.05) is 13.8 Å². The number of aliphatic hydroxyl groups is 1. The second kappa shape index (κ2) is 5.85. The largest absolute Gasteiger partial charge is 0.389 e. The maximum Gasteiger partial charge on any atom is 0.0718 e.